The number of hydrogen-bond donors (Lipinski definition) is 1. The van der Waals surface area contributed by atoms with Crippen LogP contribution in [0.5, 0.6) is 11.5 Å². The van der Waals surface area contributed by atoms with E-state index in [1.54, 1.807) is 24.4 Å². The average Bonchev–Trinajstić information content (AvgIpc) is 2.88. The molecule has 1 saturated heterocycles. The van der Waals surface area contributed by atoms with Crippen LogP contribution >= 0.6 is 0 Å². The van der Waals surface area contributed by atoms with E-state index >= 15 is 0 Å². The highest BCUT2D eigenvalue weighted by Crippen LogP contribution is 2.36. The minimum Gasteiger partial charge on any atom is -0.493 e. The topological polar surface area (TPSA) is 102 Å². The van der Waals surface area contributed by atoms with Gasteiger partial charge >= 0.3 is 0 Å². The van der Waals surface area contributed by atoms with Gasteiger partial charge in [0, 0.05) is 55.5 Å². The number of rotatable bonds is 6. The first-order chi connectivity index (χ1) is 16.6. The van der Waals surface area contributed by atoms with Gasteiger partial charge in [-0.2, -0.15) is 0 Å². The number of nitrogens with one attached hydrogen (secondary N) is 1. The van der Waals surface area contributed by atoms with Gasteiger partial charge in [0.2, 0.25) is 5.91 Å². The second kappa shape index (κ2) is 9.30. The Balaban J connectivity index is 1.42. The Morgan fingerprint density at radius 3 is 2.59 bits per heavy atom. The van der Waals surface area contributed by atoms with E-state index < -0.39 is 0 Å². The van der Waals surface area contributed by atoms with Crippen molar-refractivity contribution in [1.82, 2.24) is 24.8 Å². The van der Waals surface area contributed by atoms with Gasteiger partial charge in [-0.3, -0.25) is 14.8 Å². The second-order valence-electron chi connectivity index (χ2n) is 7.97. The molecule has 3 heterocycles. The number of nitrogens with zero attached hydrogens (tertiary/aromatic N) is 5. The van der Waals surface area contributed by atoms with Gasteiger partial charge < -0.3 is 19.7 Å². The van der Waals surface area contributed by atoms with Crippen LogP contribution in [0.15, 0.2) is 61.7 Å². The van der Waals surface area contributed by atoms with Gasteiger partial charge in [0.15, 0.2) is 11.5 Å². The Morgan fingerprint density at radius 2 is 1.82 bits per heavy atom. The van der Waals surface area contributed by atoms with E-state index in [2.05, 4.69) is 31.8 Å². The molecule has 0 saturated carbocycles. The van der Waals surface area contributed by atoms with Crippen LogP contribution in [-0.4, -0.2) is 57.0 Å². The van der Waals surface area contributed by atoms with Crippen LogP contribution < -0.4 is 14.8 Å². The largest absolute Gasteiger partial charge is 0.493 e. The fraction of sp³-hybridized carbons (Fsp3) is 0.240. The maximum Gasteiger partial charge on any atom is 0.245 e. The van der Waals surface area contributed by atoms with Crippen molar-refractivity contribution in [3.05, 3.63) is 61.7 Å². The summed E-state index contributed by atoms with van der Waals surface area (Å²) in [4.78, 5) is 31.2. The fourth-order valence-electron chi connectivity index (χ4n) is 4.10. The first-order valence-corrected chi connectivity index (χ1v) is 11.0. The van der Waals surface area contributed by atoms with E-state index in [0.29, 0.717) is 30.4 Å². The van der Waals surface area contributed by atoms with Crippen LogP contribution in [0.2, 0.25) is 0 Å². The summed E-state index contributed by atoms with van der Waals surface area (Å²) in [5.41, 5.74) is 3.18. The number of likely N-dealkylation sites (tertiary alicyclic amines) is 1. The number of piperidine rings is 1. The van der Waals surface area contributed by atoms with Crippen LogP contribution in [0.4, 0.5) is 11.5 Å². The van der Waals surface area contributed by atoms with Gasteiger partial charge in [-0.15, -0.1) is 0 Å². The molecule has 2 aromatic heterocycles. The van der Waals surface area contributed by atoms with Crippen LogP contribution in [0.1, 0.15) is 12.8 Å². The highest BCUT2D eigenvalue weighted by atomic mass is 16.5. The number of amides is 1. The molecule has 2 aromatic carbocycles. The zero-order valence-corrected chi connectivity index (χ0v) is 18.8. The van der Waals surface area contributed by atoms with E-state index in [1.807, 2.05) is 30.3 Å². The Labute approximate surface area is 196 Å². The molecule has 0 radical (unpaired) electrons. The van der Waals surface area contributed by atoms with Gasteiger partial charge in [-0.1, -0.05) is 6.58 Å². The molecule has 1 aliphatic heterocycles. The summed E-state index contributed by atoms with van der Waals surface area (Å²) in [5, 5.41) is 4.17. The van der Waals surface area contributed by atoms with Crippen molar-refractivity contribution in [2.45, 2.75) is 18.9 Å². The number of methoxy groups -OCH3 is 1. The minimum atomic E-state index is -0.0470. The van der Waals surface area contributed by atoms with Gasteiger partial charge in [-0.05, 0) is 30.3 Å². The molecule has 1 aliphatic rings. The molecule has 4 aromatic rings. The van der Waals surface area contributed by atoms with Crippen LogP contribution in [-0.2, 0) is 4.79 Å². The van der Waals surface area contributed by atoms with Crippen molar-refractivity contribution < 1.29 is 14.3 Å². The Kier molecular flexibility index (Phi) is 5.90. The maximum absolute atomic E-state index is 11.9. The van der Waals surface area contributed by atoms with Crippen LogP contribution in [0, 0.1) is 0 Å². The number of aromatic nitrogens is 4. The van der Waals surface area contributed by atoms with E-state index in [4.69, 9.17) is 9.47 Å². The Bertz CT molecular complexity index is 1370. The Hall–Kier alpha value is -4.27. The number of hydrogen-bond acceptors (Lipinski definition) is 8. The SMILES string of the molecule is C=CC(=O)N1CCC(Oc2cc3c(Nc4ccc5nccnc5c4)ncnc3cc2OC)CC1. The van der Waals surface area contributed by atoms with Gasteiger partial charge in [0.05, 0.1) is 23.7 Å². The summed E-state index contributed by atoms with van der Waals surface area (Å²) < 4.78 is 11.9. The Morgan fingerprint density at radius 1 is 1.03 bits per heavy atom. The molecule has 0 bridgehead atoms. The smallest absolute Gasteiger partial charge is 0.245 e. The third kappa shape index (κ3) is 4.32. The quantitative estimate of drug-likeness (QED) is 0.436. The molecule has 9 nitrogen and oxygen atoms in total. The predicted octanol–water partition coefficient (Wildman–Crippen LogP) is 3.88. The highest BCUT2D eigenvalue weighted by Gasteiger charge is 2.24. The summed E-state index contributed by atoms with van der Waals surface area (Å²) >= 11 is 0. The number of ether oxygens (including phenoxy) is 2. The summed E-state index contributed by atoms with van der Waals surface area (Å²) in [6, 6.07) is 9.52. The van der Waals surface area contributed by atoms with E-state index in [9.17, 15) is 4.79 Å². The lowest BCUT2D eigenvalue weighted by atomic mass is 10.1. The molecule has 1 N–H and O–H groups in total. The molecule has 172 valence electrons. The standard InChI is InChI=1S/C25H24N6O3/c1-3-24(32)31-10-6-17(7-11-31)34-23-13-18-20(14-22(23)33-2)28-15-29-25(18)30-16-4-5-19-21(12-16)27-9-8-26-19/h3-5,8-9,12-15,17H,1,6-7,10-11H2,2H3,(H,28,29,30). The highest BCUT2D eigenvalue weighted by molar-refractivity contribution is 5.93. The normalized spacial score (nSPS) is 14.2. The van der Waals surface area contributed by atoms with Crippen molar-refractivity contribution >= 4 is 39.3 Å². The van der Waals surface area contributed by atoms with Crippen molar-refractivity contribution in [3.63, 3.8) is 0 Å². The molecule has 5 rings (SSSR count). The third-order valence-corrected chi connectivity index (χ3v) is 5.87. The van der Waals surface area contributed by atoms with E-state index in [-0.39, 0.29) is 12.0 Å². The number of fused-ring (bicyclic) bond motifs is 2. The van der Waals surface area contributed by atoms with Crippen molar-refractivity contribution in [2.24, 2.45) is 0 Å². The molecule has 0 aliphatic carbocycles. The van der Waals surface area contributed by atoms with E-state index in [0.717, 1.165) is 40.5 Å². The van der Waals surface area contributed by atoms with Crippen molar-refractivity contribution in [2.75, 3.05) is 25.5 Å². The zero-order valence-electron chi connectivity index (χ0n) is 18.8. The monoisotopic (exact) mass is 456 g/mol. The molecule has 1 fully saturated rings. The summed E-state index contributed by atoms with van der Waals surface area (Å²) in [6.07, 6.45) is 7.64. The van der Waals surface area contributed by atoms with Gasteiger partial charge in [-0.25, -0.2) is 9.97 Å². The molecule has 0 spiro atoms. The minimum absolute atomic E-state index is 0.0275. The molecule has 34 heavy (non-hydrogen) atoms. The van der Waals surface area contributed by atoms with Crippen LogP contribution in [0.3, 0.4) is 0 Å². The molecule has 1 amide bonds. The lowest BCUT2D eigenvalue weighted by molar-refractivity contribution is -0.127. The maximum atomic E-state index is 11.9. The first kappa shape index (κ1) is 21.6. The van der Waals surface area contributed by atoms with Crippen molar-refractivity contribution in [1.29, 1.82) is 0 Å². The second-order valence-corrected chi connectivity index (χ2v) is 7.97. The lowest BCUT2D eigenvalue weighted by Crippen LogP contribution is -2.41. The number of benzene rings is 2. The summed E-state index contributed by atoms with van der Waals surface area (Å²) in [7, 11) is 1.61. The lowest BCUT2D eigenvalue weighted by Gasteiger charge is -2.31. The fourth-order valence-corrected chi connectivity index (χ4v) is 4.10. The van der Waals surface area contributed by atoms with Crippen molar-refractivity contribution in [3.8, 4) is 11.5 Å². The number of carbonyl (C=O) groups is 1. The molecule has 0 unspecified atom stereocenters. The summed E-state index contributed by atoms with van der Waals surface area (Å²) in [6.45, 7) is 4.83. The van der Waals surface area contributed by atoms with Gasteiger partial charge in [0.1, 0.15) is 18.2 Å². The average molecular weight is 457 g/mol. The first-order valence-electron chi connectivity index (χ1n) is 11.0. The number of anilines is 2. The third-order valence-electron chi connectivity index (χ3n) is 5.87. The van der Waals surface area contributed by atoms with E-state index in [1.165, 1.54) is 12.4 Å². The molecular formula is C25H24N6O3. The van der Waals surface area contributed by atoms with Crippen LogP contribution in [0.25, 0.3) is 21.9 Å². The molecule has 0 atom stereocenters. The molecule has 9 heteroatoms. The predicted molar refractivity (Wildman–Crippen MR) is 129 cm³/mol. The zero-order chi connectivity index (χ0) is 23.5. The summed E-state index contributed by atoms with van der Waals surface area (Å²) in [5.74, 6) is 1.81. The van der Waals surface area contributed by atoms with Gasteiger partial charge in [0.25, 0.3) is 0 Å². The molecular weight excluding hydrogens is 432 g/mol. The number of carbonyl (C=O) groups excluding carboxylic acids is 1.